The molecule has 1 aliphatic heterocycles. The molecule has 3 heterocycles. The summed E-state index contributed by atoms with van der Waals surface area (Å²) in [6, 6.07) is 3.96. The Morgan fingerprint density at radius 1 is 1.38 bits per heavy atom. The summed E-state index contributed by atoms with van der Waals surface area (Å²) < 4.78 is 0. The van der Waals surface area contributed by atoms with Gasteiger partial charge in [-0.05, 0) is 12.1 Å². The molecule has 1 aliphatic rings. The molecular weight excluding hydrogens is 164 g/mol. The molecular formula is C9H8N4. The van der Waals surface area contributed by atoms with Crippen LogP contribution in [-0.4, -0.2) is 15.2 Å². The van der Waals surface area contributed by atoms with Gasteiger partial charge in [0.2, 0.25) is 0 Å². The van der Waals surface area contributed by atoms with Gasteiger partial charge in [0.15, 0.2) is 0 Å². The molecule has 0 amide bonds. The van der Waals surface area contributed by atoms with Crippen LogP contribution >= 0.6 is 0 Å². The van der Waals surface area contributed by atoms with Crippen LogP contribution in [-0.2, 0) is 6.54 Å². The van der Waals surface area contributed by atoms with Crippen molar-refractivity contribution in [2.45, 2.75) is 6.54 Å². The molecule has 0 fully saturated rings. The van der Waals surface area contributed by atoms with Crippen LogP contribution in [0.5, 0.6) is 0 Å². The van der Waals surface area contributed by atoms with Crippen LogP contribution in [0.3, 0.4) is 0 Å². The number of hydrogen-bond acceptors (Lipinski definition) is 3. The van der Waals surface area contributed by atoms with E-state index in [4.69, 9.17) is 0 Å². The number of aromatic amines is 1. The van der Waals surface area contributed by atoms with Gasteiger partial charge in [0.1, 0.15) is 5.82 Å². The monoisotopic (exact) mass is 172 g/mol. The fourth-order valence-electron chi connectivity index (χ4n) is 1.61. The van der Waals surface area contributed by atoms with E-state index in [-0.39, 0.29) is 0 Å². The van der Waals surface area contributed by atoms with E-state index in [1.54, 1.807) is 6.20 Å². The Kier molecular flexibility index (Phi) is 1.19. The fraction of sp³-hybridized carbons (Fsp3) is 0.111. The quantitative estimate of drug-likeness (QED) is 0.631. The van der Waals surface area contributed by atoms with Gasteiger partial charge >= 0.3 is 0 Å². The Bertz CT molecular complexity index is 446. The number of rotatable bonds is 0. The lowest BCUT2D eigenvalue weighted by molar-refractivity contribution is 1.08. The van der Waals surface area contributed by atoms with Crippen molar-refractivity contribution in [3.05, 3.63) is 30.1 Å². The normalized spacial score (nSPS) is 12.9. The molecule has 2 N–H and O–H groups in total. The lowest BCUT2D eigenvalue weighted by Gasteiger charge is -2.15. The predicted molar refractivity (Wildman–Crippen MR) is 49.1 cm³/mol. The molecule has 0 unspecified atom stereocenters. The fourth-order valence-corrected chi connectivity index (χ4v) is 1.61. The standard InChI is InChI=1S/C9H8N4/c1-2-7-8-6(5-12-13-8)4-11-9(7)10-3-1/h1-3,5H,4H2,(H,10,11)(H,12,13). The first kappa shape index (κ1) is 6.65. The molecule has 0 bridgehead atoms. The van der Waals surface area contributed by atoms with Gasteiger partial charge in [-0.2, -0.15) is 5.10 Å². The molecule has 4 nitrogen and oxygen atoms in total. The molecule has 2 aromatic heterocycles. The third-order valence-electron chi connectivity index (χ3n) is 2.24. The Labute approximate surface area is 75.0 Å². The van der Waals surface area contributed by atoms with E-state index in [9.17, 15) is 0 Å². The highest BCUT2D eigenvalue weighted by Gasteiger charge is 2.16. The summed E-state index contributed by atoms with van der Waals surface area (Å²) in [6.45, 7) is 0.801. The van der Waals surface area contributed by atoms with E-state index in [0.717, 1.165) is 23.6 Å². The molecule has 0 aromatic carbocycles. The van der Waals surface area contributed by atoms with Gasteiger partial charge in [0.25, 0.3) is 0 Å². The maximum absolute atomic E-state index is 4.24. The highest BCUT2D eigenvalue weighted by atomic mass is 15.1. The van der Waals surface area contributed by atoms with Crippen molar-refractivity contribution in [2.24, 2.45) is 0 Å². The molecule has 4 heteroatoms. The van der Waals surface area contributed by atoms with Crippen molar-refractivity contribution >= 4 is 5.82 Å². The average Bonchev–Trinajstić information content (AvgIpc) is 2.65. The van der Waals surface area contributed by atoms with Gasteiger partial charge in [-0.1, -0.05) is 0 Å². The molecule has 0 aliphatic carbocycles. The van der Waals surface area contributed by atoms with Crippen molar-refractivity contribution in [1.29, 1.82) is 0 Å². The summed E-state index contributed by atoms with van der Waals surface area (Å²) in [4.78, 5) is 4.24. The molecule has 2 aromatic rings. The van der Waals surface area contributed by atoms with Gasteiger partial charge in [0.05, 0.1) is 11.9 Å². The average molecular weight is 172 g/mol. The first-order chi connectivity index (χ1) is 6.45. The second-order valence-corrected chi connectivity index (χ2v) is 3.02. The number of nitrogens with zero attached hydrogens (tertiary/aromatic N) is 2. The number of anilines is 1. The largest absolute Gasteiger partial charge is 0.365 e. The van der Waals surface area contributed by atoms with Crippen LogP contribution < -0.4 is 5.32 Å². The predicted octanol–water partition coefficient (Wildman–Crippen LogP) is 1.40. The molecule has 0 radical (unpaired) electrons. The van der Waals surface area contributed by atoms with Gasteiger partial charge < -0.3 is 5.32 Å². The topological polar surface area (TPSA) is 53.6 Å². The van der Waals surface area contributed by atoms with Crippen LogP contribution in [0.4, 0.5) is 5.82 Å². The van der Waals surface area contributed by atoms with Crippen LogP contribution in [0.2, 0.25) is 0 Å². The minimum Gasteiger partial charge on any atom is -0.365 e. The minimum absolute atomic E-state index is 0.801. The zero-order valence-corrected chi connectivity index (χ0v) is 6.91. The summed E-state index contributed by atoms with van der Waals surface area (Å²) in [5.41, 5.74) is 3.38. The third kappa shape index (κ3) is 0.853. The maximum Gasteiger partial charge on any atom is 0.135 e. The summed E-state index contributed by atoms with van der Waals surface area (Å²) in [5, 5.41) is 10.2. The molecule has 0 saturated heterocycles. The second kappa shape index (κ2) is 2.32. The highest BCUT2D eigenvalue weighted by Crippen LogP contribution is 2.31. The van der Waals surface area contributed by atoms with E-state index < -0.39 is 0 Å². The Balaban J connectivity index is 2.30. The van der Waals surface area contributed by atoms with E-state index >= 15 is 0 Å². The van der Waals surface area contributed by atoms with Crippen LogP contribution in [0.15, 0.2) is 24.5 Å². The molecule has 64 valence electrons. The van der Waals surface area contributed by atoms with Crippen molar-refractivity contribution in [1.82, 2.24) is 15.2 Å². The van der Waals surface area contributed by atoms with Crippen LogP contribution in [0, 0.1) is 0 Å². The summed E-state index contributed by atoms with van der Waals surface area (Å²) >= 11 is 0. The van der Waals surface area contributed by atoms with E-state index in [0.29, 0.717) is 0 Å². The molecule has 0 saturated carbocycles. The van der Waals surface area contributed by atoms with E-state index in [1.807, 2.05) is 18.3 Å². The summed E-state index contributed by atoms with van der Waals surface area (Å²) in [6.07, 6.45) is 3.63. The number of hydrogen-bond donors (Lipinski definition) is 2. The smallest absolute Gasteiger partial charge is 0.135 e. The van der Waals surface area contributed by atoms with Crippen molar-refractivity contribution in [3.63, 3.8) is 0 Å². The molecule has 0 atom stereocenters. The first-order valence-electron chi connectivity index (χ1n) is 4.16. The summed E-state index contributed by atoms with van der Waals surface area (Å²) in [7, 11) is 0. The molecule has 0 spiro atoms. The number of pyridine rings is 1. The Hall–Kier alpha value is -1.84. The van der Waals surface area contributed by atoms with Crippen molar-refractivity contribution in [2.75, 3.05) is 5.32 Å². The highest BCUT2D eigenvalue weighted by molar-refractivity contribution is 5.77. The maximum atomic E-state index is 4.24. The van der Waals surface area contributed by atoms with Crippen LogP contribution in [0.1, 0.15) is 5.56 Å². The number of fused-ring (bicyclic) bond motifs is 3. The minimum atomic E-state index is 0.801. The molecule has 3 rings (SSSR count). The SMILES string of the molecule is c1cnc2c(c1)-c1[nH]ncc1CN2. The van der Waals surface area contributed by atoms with Gasteiger partial charge in [0, 0.05) is 23.9 Å². The molecule has 13 heavy (non-hydrogen) atoms. The third-order valence-corrected chi connectivity index (χ3v) is 2.24. The first-order valence-corrected chi connectivity index (χ1v) is 4.16. The van der Waals surface area contributed by atoms with E-state index in [1.165, 1.54) is 5.56 Å². The van der Waals surface area contributed by atoms with Crippen LogP contribution in [0.25, 0.3) is 11.3 Å². The number of nitrogens with one attached hydrogen (secondary N) is 2. The summed E-state index contributed by atoms with van der Waals surface area (Å²) in [5.74, 6) is 0.930. The van der Waals surface area contributed by atoms with Gasteiger partial charge in [-0.3, -0.25) is 5.10 Å². The Morgan fingerprint density at radius 3 is 3.38 bits per heavy atom. The lowest BCUT2D eigenvalue weighted by Crippen LogP contribution is -2.08. The van der Waals surface area contributed by atoms with Crippen molar-refractivity contribution in [3.8, 4) is 11.3 Å². The second-order valence-electron chi connectivity index (χ2n) is 3.02. The zero-order valence-electron chi connectivity index (χ0n) is 6.91. The van der Waals surface area contributed by atoms with Gasteiger partial charge in [-0.25, -0.2) is 4.98 Å². The lowest BCUT2D eigenvalue weighted by atomic mass is 10.1. The zero-order chi connectivity index (χ0) is 8.67. The van der Waals surface area contributed by atoms with Gasteiger partial charge in [-0.15, -0.1) is 0 Å². The van der Waals surface area contributed by atoms with E-state index in [2.05, 4.69) is 20.5 Å². The van der Waals surface area contributed by atoms with Crippen molar-refractivity contribution < 1.29 is 0 Å². The number of H-pyrrole nitrogens is 1. The number of aromatic nitrogens is 3. The Morgan fingerprint density at radius 2 is 2.38 bits per heavy atom.